The smallest absolute Gasteiger partial charge is 0.0260 e. The molecule has 202 valence electrons. The molecule has 0 fully saturated rings. The quantitative estimate of drug-likeness (QED) is 0.174. The molecule has 0 bridgehead atoms. The summed E-state index contributed by atoms with van der Waals surface area (Å²) in [7, 11) is 0. The van der Waals surface area contributed by atoms with Gasteiger partial charge in [-0.05, 0) is 77.5 Å². The molecule has 0 aliphatic rings. The van der Waals surface area contributed by atoms with E-state index in [0.29, 0.717) is 0 Å². The summed E-state index contributed by atoms with van der Waals surface area (Å²) in [6.45, 7) is 0. The molecule has 0 nitrogen and oxygen atoms in total. The van der Waals surface area contributed by atoms with Crippen molar-refractivity contribution < 1.29 is 0 Å². The molecule has 0 aliphatic carbocycles. The fraction of sp³-hybridized carbons (Fsp3) is 0. The Bertz CT molecular complexity index is 2250. The lowest BCUT2D eigenvalue weighted by Gasteiger charge is -2.25. The lowest BCUT2D eigenvalue weighted by Crippen LogP contribution is -1.98. The van der Waals surface area contributed by atoms with Gasteiger partial charge in [0.15, 0.2) is 0 Å². The highest BCUT2D eigenvalue weighted by atomic mass is 79.9. The summed E-state index contributed by atoms with van der Waals surface area (Å²) in [5, 5.41) is 7.52. The van der Waals surface area contributed by atoms with Crippen molar-refractivity contribution in [3.8, 4) is 44.5 Å². The summed E-state index contributed by atoms with van der Waals surface area (Å²) in [5.74, 6) is 0. The van der Waals surface area contributed by atoms with Gasteiger partial charge in [-0.15, -0.1) is 0 Å². The van der Waals surface area contributed by atoms with Crippen molar-refractivity contribution in [1.29, 1.82) is 0 Å². The number of rotatable bonds is 4. The van der Waals surface area contributed by atoms with Crippen LogP contribution in [0.1, 0.15) is 0 Å². The third kappa shape index (κ3) is 4.20. The largest absolute Gasteiger partial charge is 0.0622 e. The predicted molar refractivity (Wildman–Crippen MR) is 188 cm³/mol. The molecule has 0 radical (unpaired) electrons. The van der Waals surface area contributed by atoms with Crippen LogP contribution in [0.5, 0.6) is 0 Å². The van der Waals surface area contributed by atoms with Crippen molar-refractivity contribution in [2.24, 2.45) is 0 Å². The van der Waals surface area contributed by atoms with E-state index in [0.717, 1.165) is 4.47 Å². The zero-order valence-corrected chi connectivity index (χ0v) is 25.1. The summed E-state index contributed by atoms with van der Waals surface area (Å²) < 4.78 is 1.09. The zero-order valence-electron chi connectivity index (χ0n) is 23.5. The first kappa shape index (κ1) is 25.7. The molecule has 1 heteroatoms. The average Bonchev–Trinajstić information content (AvgIpc) is 3.08. The van der Waals surface area contributed by atoms with Gasteiger partial charge in [0, 0.05) is 9.86 Å². The van der Waals surface area contributed by atoms with Crippen LogP contribution in [0.25, 0.3) is 76.8 Å². The molecule has 0 saturated carbocycles. The second kappa shape index (κ2) is 10.7. The number of halogens is 1. The van der Waals surface area contributed by atoms with Crippen LogP contribution in [0.15, 0.2) is 168 Å². The molecular formula is C42H27Br. The first-order valence-corrected chi connectivity index (χ1v) is 15.4. The van der Waals surface area contributed by atoms with Gasteiger partial charge in [0.25, 0.3) is 0 Å². The second-order valence-corrected chi connectivity index (χ2v) is 11.8. The van der Waals surface area contributed by atoms with Crippen molar-refractivity contribution >= 4 is 48.2 Å². The first-order chi connectivity index (χ1) is 21.3. The fourth-order valence-corrected chi connectivity index (χ4v) is 7.36. The third-order valence-corrected chi connectivity index (χ3v) is 9.16. The summed E-state index contributed by atoms with van der Waals surface area (Å²) in [4.78, 5) is 0. The Morgan fingerprint density at radius 3 is 1.02 bits per heavy atom. The molecule has 0 heterocycles. The maximum absolute atomic E-state index is 4.03. The number of benzene rings is 8. The highest BCUT2D eigenvalue weighted by Crippen LogP contribution is 2.54. The Balaban J connectivity index is 1.79. The van der Waals surface area contributed by atoms with E-state index in [1.54, 1.807) is 0 Å². The van der Waals surface area contributed by atoms with Gasteiger partial charge in [-0.2, -0.15) is 0 Å². The second-order valence-electron chi connectivity index (χ2n) is 10.9. The Hall–Kier alpha value is -4.98. The Morgan fingerprint density at radius 1 is 0.256 bits per heavy atom. The molecule has 0 saturated heterocycles. The Kier molecular flexibility index (Phi) is 6.39. The zero-order chi connectivity index (χ0) is 28.8. The molecule has 8 aromatic rings. The van der Waals surface area contributed by atoms with Gasteiger partial charge in [0.2, 0.25) is 0 Å². The summed E-state index contributed by atoms with van der Waals surface area (Å²) >= 11 is 4.03. The molecule has 0 aliphatic heterocycles. The van der Waals surface area contributed by atoms with E-state index in [2.05, 4.69) is 180 Å². The van der Waals surface area contributed by atoms with Gasteiger partial charge in [-0.3, -0.25) is 0 Å². The molecule has 0 spiro atoms. The highest BCUT2D eigenvalue weighted by Gasteiger charge is 2.26. The number of hydrogen-bond acceptors (Lipinski definition) is 0. The van der Waals surface area contributed by atoms with Crippen LogP contribution in [-0.2, 0) is 0 Å². The first-order valence-electron chi connectivity index (χ1n) is 14.7. The van der Waals surface area contributed by atoms with Crippen LogP contribution in [-0.4, -0.2) is 0 Å². The minimum atomic E-state index is 1.09. The van der Waals surface area contributed by atoms with E-state index in [9.17, 15) is 0 Å². The molecule has 43 heavy (non-hydrogen) atoms. The van der Waals surface area contributed by atoms with Crippen molar-refractivity contribution in [2.45, 2.75) is 0 Å². The highest BCUT2D eigenvalue weighted by molar-refractivity contribution is 9.10. The molecule has 0 aromatic heterocycles. The monoisotopic (exact) mass is 610 g/mol. The fourth-order valence-electron chi connectivity index (χ4n) is 6.79. The molecule has 8 aromatic carbocycles. The van der Waals surface area contributed by atoms with Crippen molar-refractivity contribution in [3.05, 3.63) is 168 Å². The van der Waals surface area contributed by atoms with Gasteiger partial charge >= 0.3 is 0 Å². The van der Waals surface area contributed by atoms with Crippen LogP contribution in [0.2, 0.25) is 0 Å². The number of hydrogen-bond donors (Lipinski definition) is 0. The predicted octanol–water partition coefficient (Wildman–Crippen LogP) is 12.6. The van der Waals surface area contributed by atoms with E-state index in [1.165, 1.54) is 76.8 Å². The van der Waals surface area contributed by atoms with E-state index < -0.39 is 0 Å². The topological polar surface area (TPSA) is 0 Å². The molecule has 0 N–H and O–H groups in total. The lowest BCUT2D eigenvalue weighted by molar-refractivity contribution is 1.62. The maximum atomic E-state index is 4.03. The minimum Gasteiger partial charge on any atom is -0.0622 e. The summed E-state index contributed by atoms with van der Waals surface area (Å²) in [6, 6.07) is 59.2. The van der Waals surface area contributed by atoms with Gasteiger partial charge in [0.1, 0.15) is 0 Å². The molecular weight excluding hydrogens is 584 g/mol. The van der Waals surface area contributed by atoms with Crippen molar-refractivity contribution in [2.75, 3.05) is 0 Å². The number of fused-ring (bicyclic) bond motifs is 3. The summed E-state index contributed by atoms with van der Waals surface area (Å²) in [6.07, 6.45) is 0. The summed E-state index contributed by atoms with van der Waals surface area (Å²) in [5.41, 5.74) is 9.88. The van der Waals surface area contributed by atoms with Crippen LogP contribution in [0.3, 0.4) is 0 Å². The Labute approximate surface area is 260 Å². The molecule has 8 rings (SSSR count). The molecule has 0 amide bonds. The van der Waals surface area contributed by atoms with Gasteiger partial charge in [-0.25, -0.2) is 0 Å². The van der Waals surface area contributed by atoms with Gasteiger partial charge < -0.3 is 0 Å². The van der Waals surface area contributed by atoms with Gasteiger partial charge in [-0.1, -0.05) is 174 Å². The molecule has 0 atom stereocenters. The van der Waals surface area contributed by atoms with Crippen LogP contribution in [0, 0.1) is 0 Å². The Morgan fingerprint density at radius 2 is 0.581 bits per heavy atom. The van der Waals surface area contributed by atoms with Crippen LogP contribution in [0.4, 0.5) is 0 Å². The minimum absolute atomic E-state index is 1.09. The van der Waals surface area contributed by atoms with E-state index in [-0.39, 0.29) is 0 Å². The lowest BCUT2D eigenvalue weighted by atomic mass is 9.77. The molecule has 0 unspecified atom stereocenters. The van der Waals surface area contributed by atoms with E-state index in [1.807, 2.05) is 0 Å². The van der Waals surface area contributed by atoms with Crippen molar-refractivity contribution in [3.63, 3.8) is 0 Å². The van der Waals surface area contributed by atoms with E-state index >= 15 is 0 Å². The average molecular weight is 612 g/mol. The maximum Gasteiger partial charge on any atom is 0.0260 e. The standard InChI is InChI=1S/C42H27Br/c43-35-27-15-26-34-38(30-20-9-3-10-21-30)41-36(28-16-5-1-6-17-28)32-24-13-14-25-33(32)37(29-18-7-2-8-19-29)42(41)39(40(34)35)31-22-11-4-12-23-31/h1-27H. The normalized spacial score (nSPS) is 11.4. The van der Waals surface area contributed by atoms with Gasteiger partial charge in [0.05, 0.1) is 0 Å². The van der Waals surface area contributed by atoms with Crippen molar-refractivity contribution in [1.82, 2.24) is 0 Å². The van der Waals surface area contributed by atoms with E-state index in [4.69, 9.17) is 0 Å². The third-order valence-electron chi connectivity index (χ3n) is 8.50. The van der Waals surface area contributed by atoms with Crippen LogP contribution >= 0.6 is 15.9 Å². The van der Waals surface area contributed by atoms with Crippen LogP contribution < -0.4 is 0 Å². The SMILES string of the molecule is Brc1cccc2c(-c3ccccc3)c3c(-c4ccccc4)c4ccccc4c(-c4ccccc4)c3c(-c3ccccc3)c12.